The van der Waals surface area contributed by atoms with Crippen LogP contribution in [-0.2, 0) is 4.74 Å². The number of rotatable bonds is 7. The fourth-order valence-electron chi connectivity index (χ4n) is 1.35. The van der Waals surface area contributed by atoms with Gasteiger partial charge < -0.3 is 15.4 Å². The largest absolute Gasteiger partial charge is 0.383 e. The summed E-state index contributed by atoms with van der Waals surface area (Å²) in [6.45, 7) is 3.09. The molecule has 0 fully saturated rings. The maximum Gasteiger partial charge on any atom is 0.145 e. The summed E-state index contributed by atoms with van der Waals surface area (Å²) in [6, 6.07) is 0. The van der Waals surface area contributed by atoms with Crippen LogP contribution in [0.1, 0.15) is 6.42 Å². The summed E-state index contributed by atoms with van der Waals surface area (Å²) in [7, 11) is 1.70. The minimum atomic E-state index is 0.685. The van der Waals surface area contributed by atoms with Crippen molar-refractivity contribution in [3.8, 4) is 0 Å². The summed E-state index contributed by atoms with van der Waals surface area (Å²) in [5.41, 5.74) is 5.53. The van der Waals surface area contributed by atoms with Crippen LogP contribution in [0.4, 0.5) is 5.82 Å². The molecule has 90 valence electrons. The average molecular weight is 336 g/mol. The molecule has 0 aliphatic rings. The van der Waals surface area contributed by atoms with Crippen molar-refractivity contribution >= 4 is 28.4 Å². The van der Waals surface area contributed by atoms with E-state index in [1.807, 2.05) is 6.20 Å². The first-order valence-electron chi connectivity index (χ1n) is 5.19. The predicted molar refractivity (Wildman–Crippen MR) is 72.5 cm³/mol. The molecular formula is C10H17IN4O. The number of hydrogen-bond donors (Lipinski definition) is 1. The van der Waals surface area contributed by atoms with E-state index in [9.17, 15) is 0 Å². The third kappa shape index (κ3) is 4.18. The number of halogens is 1. The van der Waals surface area contributed by atoms with E-state index in [0.29, 0.717) is 13.2 Å². The highest BCUT2D eigenvalue weighted by Crippen LogP contribution is 2.17. The molecule has 2 N–H and O–H groups in total. The molecule has 0 aliphatic heterocycles. The average Bonchev–Trinajstić information content (AvgIpc) is 2.31. The number of nitrogens with zero attached hydrogens (tertiary/aromatic N) is 3. The van der Waals surface area contributed by atoms with Crippen molar-refractivity contribution in [3.63, 3.8) is 0 Å². The van der Waals surface area contributed by atoms with Crippen molar-refractivity contribution < 1.29 is 4.74 Å². The van der Waals surface area contributed by atoms with Gasteiger partial charge in [-0.2, -0.15) is 0 Å². The fraction of sp³-hybridized carbons (Fsp3) is 0.600. The molecule has 0 saturated heterocycles. The van der Waals surface area contributed by atoms with Crippen LogP contribution in [-0.4, -0.2) is 43.3 Å². The molecule has 1 rings (SSSR count). The van der Waals surface area contributed by atoms with Crippen LogP contribution in [0.3, 0.4) is 0 Å². The lowest BCUT2D eigenvalue weighted by atomic mass is 10.3. The van der Waals surface area contributed by atoms with Gasteiger partial charge in [-0.15, -0.1) is 0 Å². The first-order valence-corrected chi connectivity index (χ1v) is 6.27. The molecule has 5 nitrogen and oxygen atoms in total. The third-order valence-electron chi connectivity index (χ3n) is 2.15. The van der Waals surface area contributed by atoms with Crippen LogP contribution in [0.15, 0.2) is 12.5 Å². The minimum Gasteiger partial charge on any atom is -0.383 e. The van der Waals surface area contributed by atoms with E-state index >= 15 is 0 Å². The van der Waals surface area contributed by atoms with E-state index in [-0.39, 0.29) is 0 Å². The second-order valence-corrected chi connectivity index (χ2v) is 4.48. The predicted octanol–water partition coefficient (Wildman–Crippen LogP) is 0.883. The van der Waals surface area contributed by atoms with Gasteiger partial charge in [0, 0.05) is 26.4 Å². The maximum absolute atomic E-state index is 5.53. The molecule has 6 heteroatoms. The normalized spacial score (nSPS) is 10.4. The summed E-state index contributed by atoms with van der Waals surface area (Å²) in [5, 5.41) is 0. The van der Waals surface area contributed by atoms with Crippen molar-refractivity contribution in [1.82, 2.24) is 9.97 Å². The zero-order valence-electron chi connectivity index (χ0n) is 9.40. The zero-order valence-corrected chi connectivity index (χ0v) is 11.6. The van der Waals surface area contributed by atoms with Crippen molar-refractivity contribution in [2.75, 3.05) is 38.3 Å². The third-order valence-corrected chi connectivity index (χ3v) is 2.91. The first kappa shape index (κ1) is 13.6. The summed E-state index contributed by atoms with van der Waals surface area (Å²) in [4.78, 5) is 10.5. The zero-order chi connectivity index (χ0) is 11.8. The second-order valence-electron chi connectivity index (χ2n) is 3.32. The Bertz CT molecular complexity index is 303. The van der Waals surface area contributed by atoms with Gasteiger partial charge in [0.1, 0.15) is 12.1 Å². The molecule has 0 radical (unpaired) electrons. The smallest absolute Gasteiger partial charge is 0.145 e. The number of ether oxygens (including phenoxy) is 1. The number of methoxy groups -OCH3 is 1. The Morgan fingerprint density at radius 2 is 2.31 bits per heavy atom. The quantitative estimate of drug-likeness (QED) is 0.749. The van der Waals surface area contributed by atoms with Crippen LogP contribution in [0.5, 0.6) is 0 Å². The van der Waals surface area contributed by atoms with Crippen LogP contribution >= 0.6 is 22.6 Å². The fourth-order valence-corrected chi connectivity index (χ4v) is 1.99. The van der Waals surface area contributed by atoms with Crippen LogP contribution in [0.2, 0.25) is 0 Å². The van der Waals surface area contributed by atoms with Gasteiger partial charge in [0.25, 0.3) is 0 Å². The van der Waals surface area contributed by atoms with E-state index in [1.54, 1.807) is 13.4 Å². The van der Waals surface area contributed by atoms with Crippen molar-refractivity contribution in [2.24, 2.45) is 5.73 Å². The first-order chi connectivity index (χ1) is 7.79. The van der Waals surface area contributed by atoms with Crippen LogP contribution in [0, 0.1) is 3.57 Å². The molecule has 0 atom stereocenters. The molecule has 0 unspecified atom stereocenters. The van der Waals surface area contributed by atoms with Gasteiger partial charge in [-0.25, -0.2) is 9.97 Å². The molecule has 0 saturated carbocycles. The highest BCUT2D eigenvalue weighted by Gasteiger charge is 2.10. The minimum absolute atomic E-state index is 0.685. The lowest BCUT2D eigenvalue weighted by Crippen LogP contribution is -2.31. The van der Waals surface area contributed by atoms with Gasteiger partial charge in [0.05, 0.1) is 10.2 Å². The molecule has 0 aromatic carbocycles. The molecule has 0 spiro atoms. The van der Waals surface area contributed by atoms with Gasteiger partial charge in [-0.05, 0) is 35.6 Å². The molecule has 0 aliphatic carbocycles. The Morgan fingerprint density at radius 3 is 2.94 bits per heavy atom. The number of aromatic nitrogens is 2. The van der Waals surface area contributed by atoms with Gasteiger partial charge >= 0.3 is 0 Å². The van der Waals surface area contributed by atoms with Crippen LogP contribution in [0.25, 0.3) is 0 Å². The van der Waals surface area contributed by atoms with E-state index in [1.165, 1.54) is 0 Å². The van der Waals surface area contributed by atoms with E-state index < -0.39 is 0 Å². The summed E-state index contributed by atoms with van der Waals surface area (Å²) < 4.78 is 6.14. The molecule has 1 heterocycles. The SMILES string of the molecule is COCCN(CCCN)c1ncncc1I. The van der Waals surface area contributed by atoms with Crippen molar-refractivity contribution in [3.05, 3.63) is 16.1 Å². The Morgan fingerprint density at radius 1 is 1.50 bits per heavy atom. The Labute approximate surface area is 110 Å². The standard InChI is InChI=1S/C10H17IN4O/c1-16-6-5-15(4-2-3-12)10-9(11)7-13-8-14-10/h7-8H,2-6,12H2,1H3. The number of nitrogens with two attached hydrogens (primary N) is 1. The Kier molecular flexibility index (Phi) is 6.58. The summed E-state index contributed by atoms with van der Waals surface area (Å²) in [5.74, 6) is 0.959. The lowest BCUT2D eigenvalue weighted by Gasteiger charge is -2.23. The van der Waals surface area contributed by atoms with Crippen molar-refractivity contribution in [1.29, 1.82) is 0 Å². The molecule has 1 aromatic heterocycles. The van der Waals surface area contributed by atoms with Gasteiger partial charge in [-0.3, -0.25) is 0 Å². The summed E-state index contributed by atoms with van der Waals surface area (Å²) >= 11 is 2.24. The maximum atomic E-state index is 5.53. The molecule has 0 bridgehead atoms. The summed E-state index contributed by atoms with van der Waals surface area (Å²) in [6.07, 6.45) is 4.33. The number of hydrogen-bond acceptors (Lipinski definition) is 5. The highest BCUT2D eigenvalue weighted by atomic mass is 127. The highest BCUT2D eigenvalue weighted by molar-refractivity contribution is 14.1. The van der Waals surface area contributed by atoms with Crippen molar-refractivity contribution in [2.45, 2.75) is 6.42 Å². The van der Waals surface area contributed by atoms with E-state index in [2.05, 4.69) is 37.5 Å². The van der Waals surface area contributed by atoms with Crippen LogP contribution < -0.4 is 10.6 Å². The molecule has 16 heavy (non-hydrogen) atoms. The molecular weight excluding hydrogens is 319 g/mol. The Balaban J connectivity index is 2.70. The van der Waals surface area contributed by atoms with E-state index in [4.69, 9.17) is 10.5 Å². The lowest BCUT2D eigenvalue weighted by molar-refractivity contribution is 0.205. The van der Waals surface area contributed by atoms with Gasteiger partial charge in [0.15, 0.2) is 0 Å². The second kappa shape index (κ2) is 7.75. The van der Waals surface area contributed by atoms with Gasteiger partial charge in [-0.1, -0.05) is 0 Å². The Hall–Kier alpha value is -0.470. The molecule has 0 amide bonds. The molecule has 1 aromatic rings. The monoisotopic (exact) mass is 336 g/mol. The number of anilines is 1. The van der Waals surface area contributed by atoms with E-state index in [0.717, 1.165) is 28.9 Å². The van der Waals surface area contributed by atoms with Gasteiger partial charge in [0.2, 0.25) is 0 Å². The topological polar surface area (TPSA) is 64.3 Å².